The Labute approximate surface area is 271 Å². The molecule has 0 spiro atoms. The van der Waals surface area contributed by atoms with Gasteiger partial charge in [-0.05, 0) is 30.6 Å². The first-order valence-electron chi connectivity index (χ1n) is 16.4. The lowest BCUT2D eigenvalue weighted by Gasteiger charge is -2.40. The molecule has 45 heavy (non-hydrogen) atoms. The number of carbonyl (C=O) groups excluding carboxylic acids is 6. The number of nitrogens with zero attached hydrogens (tertiary/aromatic N) is 3. The smallest absolute Gasteiger partial charge is 0.245 e. The van der Waals surface area contributed by atoms with Crippen LogP contribution in [0.15, 0.2) is 0 Å². The standard InChI is InChI=1S/C33H59N5O7.H2/c1-12-22(6)30(24(45-11)19-25(39)34-8)37(10)33(44)28(20(2)3)35-31(42)29(21(4)5)36(9)26(40)16-14-13-15-17-38-27(41)18-23(7)32(38)43;/h20-24,28-30H,12-19H2,1-11H3,(H,34,39)(H,35,42);1H/t22-,23?,24+,28-,29-,30-;/m0./s1. The second kappa shape index (κ2) is 18.8. The van der Waals surface area contributed by atoms with Crippen molar-refractivity contribution in [1.29, 1.82) is 0 Å². The molecule has 1 aliphatic rings. The van der Waals surface area contributed by atoms with Gasteiger partial charge in [-0.25, -0.2) is 0 Å². The molecular weight excluding hydrogens is 578 g/mol. The predicted octanol–water partition coefficient (Wildman–Crippen LogP) is 2.84. The zero-order chi connectivity index (χ0) is 34.6. The lowest BCUT2D eigenvalue weighted by Crippen LogP contribution is -2.60. The number of methoxy groups -OCH3 is 1. The highest BCUT2D eigenvalue weighted by molar-refractivity contribution is 6.03. The number of unbranched alkanes of at least 4 members (excludes halogenated alkanes) is 2. The SMILES string of the molecule is CC[C@H](C)[C@@H]([C@@H](CC(=O)NC)OC)N(C)C(=O)[C@@H](NC(=O)[C@H](C(C)C)N(C)C(=O)CCCCCN1C(=O)CC(C)C1=O)C(C)C.[HH]. The fourth-order valence-corrected chi connectivity index (χ4v) is 6.05. The molecule has 0 bridgehead atoms. The summed E-state index contributed by atoms with van der Waals surface area (Å²) in [6.07, 6.45) is 2.63. The molecule has 6 amide bonds. The second-order valence-electron chi connectivity index (χ2n) is 13.2. The van der Waals surface area contributed by atoms with E-state index in [1.807, 2.05) is 41.5 Å². The summed E-state index contributed by atoms with van der Waals surface area (Å²) in [6.45, 7) is 13.6. The third-order valence-corrected chi connectivity index (χ3v) is 9.05. The van der Waals surface area contributed by atoms with E-state index in [0.717, 1.165) is 6.42 Å². The van der Waals surface area contributed by atoms with Crippen LogP contribution in [0.4, 0.5) is 0 Å². The van der Waals surface area contributed by atoms with Gasteiger partial charge in [-0.15, -0.1) is 0 Å². The van der Waals surface area contributed by atoms with Crippen LogP contribution in [0.2, 0.25) is 0 Å². The minimum Gasteiger partial charge on any atom is -0.379 e. The van der Waals surface area contributed by atoms with Crippen molar-refractivity contribution in [1.82, 2.24) is 25.3 Å². The number of hydrogen-bond acceptors (Lipinski definition) is 7. The van der Waals surface area contributed by atoms with Gasteiger partial charge in [0.1, 0.15) is 12.1 Å². The van der Waals surface area contributed by atoms with Crippen LogP contribution >= 0.6 is 0 Å². The zero-order valence-electron chi connectivity index (χ0n) is 29.5. The topological polar surface area (TPSA) is 145 Å². The van der Waals surface area contributed by atoms with Crippen LogP contribution in [0.1, 0.15) is 94.8 Å². The van der Waals surface area contributed by atoms with Gasteiger partial charge in [0.15, 0.2) is 0 Å². The quantitative estimate of drug-likeness (QED) is 0.163. The second-order valence-corrected chi connectivity index (χ2v) is 13.2. The summed E-state index contributed by atoms with van der Waals surface area (Å²) in [4.78, 5) is 81.4. The number of likely N-dealkylation sites (tertiary alicyclic amines) is 1. The van der Waals surface area contributed by atoms with Gasteiger partial charge in [-0.1, -0.05) is 61.3 Å². The first-order chi connectivity index (χ1) is 21.0. The van der Waals surface area contributed by atoms with Gasteiger partial charge in [0, 0.05) is 55.0 Å². The molecule has 0 aromatic rings. The molecule has 1 aliphatic heterocycles. The highest BCUT2D eigenvalue weighted by Gasteiger charge is 2.39. The Hall–Kier alpha value is -3.02. The van der Waals surface area contributed by atoms with Crippen LogP contribution in [-0.4, -0.2) is 109 Å². The Morgan fingerprint density at radius 1 is 1.00 bits per heavy atom. The third kappa shape index (κ3) is 11.1. The highest BCUT2D eigenvalue weighted by atomic mass is 16.5. The molecule has 12 heteroatoms. The Morgan fingerprint density at radius 3 is 2.09 bits per heavy atom. The van der Waals surface area contributed by atoms with Crippen LogP contribution in [0.5, 0.6) is 0 Å². The molecule has 12 nitrogen and oxygen atoms in total. The van der Waals surface area contributed by atoms with Crippen LogP contribution in [0.25, 0.3) is 0 Å². The number of nitrogens with one attached hydrogen (secondary N) is 2. The van der Waals surface area contributed by atoms with Crippen molar-refractivity contribution < 1.29 is 34.9 Å². The van der Waals surface area contributed by atoms with Crippen LogP contribution < -0.4 is 10.6 Å². The van der Waals surface area contributed by atoms with Gasteiger partial charge in [0.2, 0.25) is 35.4 Å². The summed E-state index contributed by atoms with van der Waals surface area (Å²) in [5.41, 5.74) is 0. The lowest BCUT2D eigenvalue weighted by molar-refractivity contribution is -0.146. The number of ether oxygens (including phenoxy) is 1. The summed E-state index contributed by atoms with van der Waals surface area (Å²) in [5.74, 6) is -2.06. The lowest BCUT2D eigenvalue weighted by atomic mass is 9.89. The van der Waals surface area contributed by atoms with Crippen molar-refractivity contribution in [3.63, 3.8) is 0 Å². The Kier molecular flexibility index (Phi) is 16.7. The van der Waals surface area contributed by atoms with Gasteiger partial charge in [-0.3, -0.25) is 33.7 Å². The Balaban J connectivity index is 0.0000202. The number of rotatable bonds is 19. The Morgan fingerprint density at radius 2 is 1.62 bits per heavy atom. The first kappa shape index (κ1) is 40.0. The van der Waals surface area contributed by atoms with Crippen LogP contribution in [-0.2, 0) is 33.5 Å². The Bertz CT molecular complexity index is 1040. The van der Waals surface area contributed by atoms with Gasteiger partial charge in [-0.2, -0.15) is 0 Å². The molecule has 0 aromatic heterocycles. The number of imide groups is 1. The molecule has 0 saturated carbocycles. The van der Waals surface area contributed by atoms with E-state index in [2.05, 4.69) is 10.6 Å². The maximum absolute atomic E-state index is 13.9. The highest BCUT2D eigenvalue weighted by Crippen LogP contribution is 2.24. The molecule has 0 radical (unpaired) electrons. The van der Waals surface area contributed by atoms with E-state index in [1.54, 1.807) is 33.0 Å². The first-order valence-corrected chi connectivity index (χ1v) is 16.4. The monoisotopic (exact) mass is 639 g/mol. The number of hydrogen-bond donors (Lipinski definition) is 2. The van der Waals surface area contributed by atoms with Gasteiger partial charge < -0.3 is 25.2 Å². The summed E-state index contributed by atoms with van der Waals surface area (Å²) >= 11 is 0. The summed E-state index contributed by atoms with van der Waals surface area (Å²) < 4.78 is 5.70. The van der Waals surface area contributed by atoms with Crippen molar-refractivity contribution >= 4 is 35.4 Å². The maximum atomic E-state index is 13.9. The minimum absolute atomic E-state index is 0. The van der Waals surface area contributed by atoms with E-state index in [4.69, 9.17) is 4.74 Å². The fraction of sp³-hybridized carbons (Fsp3) is 0.818. The number of carbonyl (C=O) groups is 6. The molecule has 1 rings (SSSR count). The maximum Gasteiger partial charge on any atom is 0.245 e. The van der Waals surface area contributed by atoms with Crippen LogP contribution in [0, 0.1) is 23.7 Å². The summed E-state index contributed by atoms with van der Waals surface area (Å²) in [6, 6.07) is -2.04. The van der Waals surface area contributed by atoms with E-state index < -0.39 is 30.1 Å². The van der Waals surface area contributed by atoms with Gasteiger partial charge in [0.05, 0.1) is 18.6 Å². The normalized spacial score (nSPS) is 18.4. The van der Waals surface area contributed by atoms with Crippen molar-refractivity contribution in [2.45, 2.75) is 118 Å². The molecule has 1 unspecified atom stereocenters. The van der Waals surface area contributed by atoms with E-state index in [9.17, 15) is 28.8 Å². The molecule has 0 aromatic carbocycles. The van der Waals surface area contributed by atoms with Crippen molar-refractivity contribution in [2.75, 3.05) is 34.8 Å². The molecule has 0 aliphatic carbocycles. The minimum atomic E-state index is -0.852. The van der Waals surface area contributed by atoms with E-state index >= 15 is 0 Å². The van der Waals surface area contributed by atoms with Crippen LogP contribution in [0.3, 0.4) is 0 Å². The average Bonchev–Trinajstić information content (AvgIpc) is 3.23. The predicted molar refractivity (Wildman–Crippen MR) is 175 cm³/mol. The molecule has 260 valence electrons. The van der Waals surface area contributed by atoms with E-state index in [0.29, 0.717) is 25.8 Å². The molecule has 2 N–H and O–H groups in total. The number of amides is 6. The summed E-state index contributed by atoms with van der Waals surface area (Å²) in [7, 11) is 6.37. The average molecular weight is 640 g/mol. The van der Waals surface area contributed by atoms with Crippen molar-refractivity contribution in [3.05, 3.63) is 0 Å². The largest absolute Gasteiger partial charge is 0.379 e. The third-order valence-electron chi connectivity index (χ3n) is 9.05. The van der Waals surface area contributed by atoms with Gasteiger partial charge in [0.25, 0.3) is 0 Å². The number of likely N-dealkylation sites (N-methyl/N-ethyl adjacent to an activating group) is 2. The molecule has 1 fully saturated rings. The molecule has 6 atom stereocenters. The molecular formula is C33H61N5O7. The van der Waals surface area contributed by atoms with Crippen molar-refractivity contribution in [3.8, 4) is 0 Å². The van der Waals surface area contributed by atoms with E-state index in [-0.39, 0.29) is 73.9 Å². The summed E-state index contributed by atoms with van der Waals surface area (Å²) in [5, 5.41) is 5.56. The molecule has 1 saturated heterocycles. The van der Waals surface area contributed by atoms with Crippen molar-refractivity contribution in [2.24, 2.45) is 23.7 Å². The zero-order valence-corrected chi connectivity index (χ0v) is 29.5. The van der Waals surface area contributed by atoms with Gasteiger partial charge >= 0.3 is 0 Å². The molecule has 1 heterocycles. The fourth-order valence-electron chi connectivity index (χ4n) is 6.05. The van der Waals surface area contributed by atoms with E-state index in [1.165, 1.54) is 16.9 Å².